The van der Waals surface area contributed by atoms with Crippen LogP contribution in [0.15, 0.2) is 35.7 Å². The number of aromatic nitrogens is 2. The quantitative estimate of drug-likeness (QED) is 0.769. The molecule has 5 heteroatoms. The largest absolute Gasteiger partial charge is 0.347 e. The number of carbonyl (C=O) groups is 1. The molecule has 19 heavy (non-hydrogen) atoms. The second-order valence-electron chi connectivity index (χ2n) is 4.33. The Kier molecular flexibility index (Phi) is 3.05. The predicted octanol–water partition coefficient (Wildman–Crippen LogP) is 2.86. The molecule has 0 aliphatic carbocycles. The van der Waals surface area contributed by atoms with E-state index in [0.29, 0.717) is 6.54 Å². The van der Waals surface area contributed by atoms with E-state index in [1.807, 2.05) is 42.6 Å². The minimum atomic E-state index is -0.0316. The van der Waals surface area contributed by atoms with Crippen molar-refractivity contribution in [2.45, 2.75) is 13.5 Å². The van der Waals surface area contributed by atoms with Crippen LogP contribution in [0.5, 0.6) is 0 Å². The van der Waals surface area contributed by atoms with Gasteiger partial charge in [0.1, 0.15) is 5.82 Å². The molecule has 2 aromatic heterocycles. The van der Waals surface area contributed by atoms with Gasteiger partial charge in [-0.3, -0.25) is 4.79 Å². The number of amides is 1. The highest BCUT2D eigenvalue weighted by molar-refractivity contribution is 7.12. The SMILES string of the molecule is Cc1nc2ccc(CNC(=O)c3cccs3)cc2[nH]1. The Morgan fingerprint density at radius 3 is 3.11 bits per heavy atom. The van der Waals surface area contributed by atoms with Crippen molar-refractivity contribution in [2.75, 3.05) is 0 Å². The molecule has 0 saturated heterocycles. The number of thiophene rings is 1. The number of hydrogen-bond acceptors (Lipinski definition) is 3. The average molecular weight is 271 g/mol. The molecule has 2 N–H and O–H groups in total. The fourth-order valence-electron chi connectivity index (χ4n) is 1.97. The molecule has 1 amide bonds. The first kappa shape index (κ1) is 11.9. The monoisotopic (exact) mass is 271 g/mol. The summed E-state index contributed by atoms with van der Waals surface area (Å²) in [6.45, 7) is 2.45. The third kappa shape index (κ3) is 2.51. The highest BCUT2D eigenvalue weighted by Crippen LogP contribution is 2.14. The number of aromatic amines is 1. The third-order valence-corrected chi connectivity index (χ3v) is 3.73. The Hall–Kier alpha value is -2.14. The van der Waals surface area contributed by atoms with Crippen molar-refractivity contribution in [3.63, 3.8) is 0 Å². The Labute approximate surface area is 114 Å². The smallest absolute Gasteiger partial charge is 0.261 e. The molecule has 2 heterocycles. The number of imidazole rings is 1. The lowest BCUT2D eigenvalue weighted by atomic mass is 10.2. The summed E-state index contributed by atoms with van der Waals surface area (Å²) in [6, 6.07) is 9.66. The molecule has 3 rings (SSSR count). The van der Waals surface area contributed by atoms with Gasteiger partial charge in [-0.2, -0.15) is 0 Å². The van der Waals surface area contributed by atoms with Crippen molar-refractivity contribution in [1.82, 2.24) is 15.3 Å². The molecule has 0 saturated carbocycles. The van der Waals surface area contributed by atoms with Gasteiger partial charge in [0.05, 0.1) is 15.9 Å². The van der Waals surface area contributed by atoms with Crippen LogP contribution in [0.25, 0.3) is 11.0 Å². The maximum Gasteiger partial charge on any atom is 0.261 e. The van der Waals surface area contributed by atoms with E-state index >= 15 is 0 Å². The molecule has 4 nitrogen and oxygen atoms in total. The van der Waals surface area contributed by atoms with Gasteiger partial charge in [-0.25, -0.2) is 4.98 Å². The normalized spacial score (nSPS) is 10.8. The minimum Gasteiger partial charge on any atom is -0.347 e. The minimum absolute atomic E-state index is 0.0316. The van der Waals surface area contributed by atoms with Gasteiger partial charge in [-0.1, -0.05) is 12.1 Å². The number of hydrogen-bond donors (Lipinski definition) is 2. The highest BCUT2D eigenvalue weighted by Gasteiger charge is 2.06. The molecule has 0 unspecified atom stereocenters. The van der Waals surface area contributed by atoms with E-state index in [2.05, 4.69) is 15.3 Å². The van der Waals surface area contributed by atoms with Gasteiger partial charge in [0.25, 0.3) is 5.91 Å². The zero-order valence-electron chi connectivity index (χ0n) is 10.4. The first-order chi connectivity index (χ1) is 9.22. The number of carbonyl (C=O) groups excluding carboxylic acids is 1. The van der Waals surface area contributed by atoms with E-state index in [1.165, 1.54) is 11.3 Å². The number of fused-ring (bicyclic) bond motifs is 1. The van der Waals surface area contributed by atoms with Crippen LogP contribution in [0.2, 0.25) is 0 Å². The van der Waals surface area contributed by atoms with Crippen LogP contribution in [-0.2, 0) is 6.54 Å². The number of aryl methyl sites for hydroxylation is 1. The lowest BCUT2D eigenvalue weighted by Crippen LogP contribution is -2.21. The predicted molar refractivity (Wildman–Crippen MR) is 76.3 cm³/mol. The van der Waals surface area contributed by atoms with E-state index in [-0.39, 0.29) is 5.91 Å². The van der Waals surface area contributed by atoms with E-state index in [0.717, 1.165) is 27.3 Å². The van der Waals surface area contributed by atoms with Crippen LogP contribution >= 0.6 is 11.3 Å². The topological polar surface area (TPSA) is 57.8 Å². The van der Waals surface area contributed by atoms with Crippen LogP contribution in [0, 0.1) is 6.92 Å². The van der Waals surface area contributed by atoms with Crippen molar-refractivity contribution < 1.29 is 4.79 Å². The van der Waals surface area contributed by atoms with E-state index in [1.54, 1.807) is 0 Å². The van der Waals surface area contributed by atoms with Crippen molar-refractivity contribution in [2.24, 2.45) is 0 Å². The number of H-pyrrole nitrogens is 1. The molecular formula is C14H13N3OS. The fourth-order valence-corrected chi connectivity index (χ4v) is 2.61. The van der Waals surface area contributed by atoms with Crippen LogP contribution in [0.1, 0.15) is 21.1 Å². The molecule has 0 radical (unpaired) electrons. The summed E-state index contributed by atoms with van der Waals surface area (Å²) in [6.07, 6.45) is 0. The summed E-state index contributed by atoms with van der Waals surface area (Å²) in [5, 5.41) is 4.81. The van der Waals surface area contributed by atoms with Crippen molar-refractivity contribution in [3.8, 4) is 0 Å². The lowest BCUT2D eigenvalue weighted by molar-refractivity contribution is 0.0955. The Morgan fingerprint density at radius 2 is 2.32 bits per heavy atom. The fraction of sp³-hybridized carbons (Fsp3) is 0.143. The number of nitrogens with one attached hydrogen (secondary N) is 2. The molecule has 3 aromatic rings. The molecule has 0 spiro atoms. The molecule has 1 aromatic carbocycles. The van der Waals surface area contributed by atoms with E-state index in [9.17, 15) is 4.79 Å². The van der Waals surface area contributed by atoms with E-state index in [4.69, 9.17) is 0 Å². The van der Waals surface area contributed by atoms with Gasteiger partial charge in [-0.15, -0.1) is 11.3 Å². The van der Waals surface area contributed by atoms with Crippen LogP contribution in [0.4, 0.5) is 0 Å². The molecule has 0 aliphatic heterocycles. The lowest BCUT2D eigenvalue weighted by Gasteiger charge is -2.03. The second kappa shape index (κ2) is 4.85. The Bertz CT molecular complexity index is 715. The zero-order valence-corrected chi connectivity index (χ0v) is 11.3. The van der Waals surface area contributed by atoms with E-state index < -0.39 is 0 Å². The summed E-state index contributed by atoms with van der Waals surface area (Å²) in [4.78, 5) is 20.1. The van der Waals surface area contributed by atoms with Crippen LogP contribution < -0.4 is 5.32 Å². The molecular weight excluding hydrogens is 258 g/mol. The number of benzene rings is 1. The summed E-state index contributed by atoms with van der Waals surface area (Å²) >= 11 is 1.44. The van der Waals surface area contributed by atoms with Crippen molar-refractivity contribution in [1.29, 1.82) is 0 Å². The molecule has 0 aliphatic rings. The number of rotatable bonds is 3. The van der Waals surface area contributed by atoms with Gasteiger partial charge >= 0.3 is 0 Å². The standard InChI is InChI=1S/C14H13N3OS/c1-9-16-11-5-4-10(7-12(11)17-9)8-15-14(18)13-3-2-6-19-13/h2-7H,8H2,1H3,(H,15,18)(H,16,17). The summed E-state index contributed by atoms with van der Waals surface area (Å²) in [7, 11) is 0. The summed E-state index contributed by atoms with van der Waals surface area (Å²) < 4.78 is 0. The van der Waals surface area contributed by atoms with Gasteiger partial charge in [-0.05, 0) is 36.1 Å². The maximum absolute atomic E-state index is 11.8. The molecule has 96 valence electrons. The average Bonchev–Trinajstić information content (AvgIpc) is 3.03. The molecule has 0 fully saturated rings. The third-order valence-electron chi connectivity index (χ3n) is 2.86. The second-order valence-corrected chi connectivity index (χ2v) is 5.28. The molecule has 0 bridgehead atoms. The van der Waals surface area contributed by atoms with Gasteiger partial charge < -0.3 is 10.3 Å². The summed E-state index contributed by atoms with van der Waals surface area (Å²) in [5.74, 6) is 0.866. The first-order valence-corrected chi connectivity index (χ1v) is 6.87. The van der Waals surface area contributed by atoms with Gasteiger partial charge in [0.15, 0.2) is 0 Å². The maximum atomic E-state index is 11.8. The molecule has 0 atom stereocenters. The van der Waals surface area contributed by atoms with Gasteiger partial charge in [0, 0.05) is 6.54 Å². The number of nitrogens with zero attached hydrogens (tertiary/aromatic N) is 1. The van der Waals surface area contributed by atoms with Crippen LogP contribution in [0.3, 0.4) is 0 Å². The summed E-state index contributed by atoms with van der Waals surface area (Å²) in [5.41, 5.74) is 3.01. The Balaban J connectivity index is 1.73. The zero-order chi connectivity index (χ0) is 13.2. The van der Waals surface area contributed by atoms with Gasteiger partial charge in [0.2, 0.25) is 0 Å². The van der Waals surface area contributed by atoms with Crippen molar-refractivity contribution in [3.05, 3.63) is 52.0 Å². The highest BCUT2D eigenvalue weighted by atomic mass is 32.1. The van der Waals surface area contributed by atoms with Crippen molar-refractivity contribution >= 4 is 28.3 Å². The Morgan fingerprint density at radius 1 is 1.42 bits per heavy atom. The first-order valence-electron chi connectivity index (χ1n) is 5.99. The van der Waals surface area contributed by atoms with Crippen LogP contribution in [-0.4, -0.2) is 15.9 Å².